The topological polar surface area (TPSA) is 145 Å². The Morgan fingerprint density at radius 2 is 2.04 bits per heavy atom. The number of guanidine groups is 1. The van der Waals surface area contributed by atoms with Crippen molar-refractivity contribution in [2.24, 2.45) is 27.1 Å². The van der Waals surface area contributed by atoms with Gasteiger partial charge in [-0.2, -0.15) is 5.10 Å². The number of furan rings is 1. The highest BCUT2D eigenvalue weighted by Crippen LogP contribution is 2.39. The van der Waals surface area contributed by atoms with Crippen LogP contribution in [-0.4, -0.2) is 22.7 Å². The van der Waals surface area contributed by atoms with Gasteiger partial charge in [0.1, 0.15) is 11.5 Å². The lowest BCUT2D eigenvalue weighted by Gasteiger charge is -2.29. The number of nitrogens with two attached hydrogens (primary N) is 2. The number of nitrogens with zero attached hydrogens (tertiary/aromatic N) is 3. The first kappa shape index (κ1) is 17.7. The summed E-state index contributed by atoms with van der Waals surface area (Å²) in [6, 6.07) is 1.63. The maximum absolute atomic E-state index is 12.6. The molecule has 1 aliphatic carbocycles. The molecule has 0 unspecified atom stereocenters. The van der Waals surface area contributed by atoms with Crippen molar-refractivity contribution in [1.29, 1.82) is 0 Å². The molecule has 0 saturated heterocycles. The molecule has 3 rings (SSSR count). The summed E-state index contributed by atoms with van der Waals surface area (Å²) in [6.07, 6.45) is 1.35. The molecule has 138 valence electrons. The van der Waals surface area contributed by atoms with E-state index in [9.17, 15) is 4.79 Å². The molecule has 0 bridgehead atoms. The standard InChI is InChI=1S/C17H22N6O3/c1-8-5-12(23-26-8)20-15(24)14-9(2)13-10(21-22-16(18)19)6-17(3,4)7-11(13)25-14/h5H,6-7H2,1-4H3,(H4,18,19,22)(H,20,23,24)/b21-10-. The zero-order valence-electron chi connectivity index (χ0n) is 15.2. The Balaban J connectivity index is 2.00. The van der Waals surface area contributed by atoms with Crippen LogP contribution >= 0.6 is 0 Å². The summed E-state index contributed by atoms with van der Waals surface area (Å²) >= 11 is 0. The summed E-state index contributed by atoms with van der Waals surface area (Å²) < 4.78 is 10.8. The SMILES string of the molecule is Cc1cc(NC(=O)c2oc3c(c2C)/C(=N\N=C(N)N)CC(C)(C)C3)no1. The van der Waals surface area contributed by atoms with Gasteiger partial charge < -0.3 is 25.7 Å². The van der Waals surface area contributed by atoms with Crippen molar-refractivity contribution < 1.29 is 13.7 Å². The van der Waals surface area contributed by atoms with E-state index in [0.29, 0.717) is 41.5 Å². The summed E-state index contributed by atoms with van der Waals surface area (Å²) in [4.78, 5) is 12.6. The fourth-order valence-electron chi connectivity index (χ4n) is 3.13. The minimum absolute atomic E-state index is 0.0913. The number of hydrogen-bond acceptors (Lipinski definition) is 6. The average molecular weight is 358 g/mol. The number of carbonyl (C=O) groups excluding carboxylic acids is 1. The summed E-state index contributed by atoms with van der Waals surface area (Å²) in [7, 11) is 0. The van der Waals surface area contributed by atoms with Crippen molar-refractivity contribution in [3.63, 3.8) is 0 Å². The van der Waals surface area contributed by atoms with E-state index in [2.05, 4.69) is 34.5 Å². The van der Waals surface area contributed by atoms with E-state index in [1.807, 2.05) is 6.92 Å². The number of nitrogens with one attached hydrogen (secondary N) is 1. The van der Waals surface area contributed by atoms with Crippen LogP contribution in [0.25, 0.3) is 0 Å². The Labute approximate surface area is 150 Å². The van der Waals surface area contributed by atoms with Gasteiger partial charge in [-0.15, -0.1) is 5.10 Å². The van der Waals surface area contributed by atoms with Crippen molar-refractivity contribution in [3.05, 3.63) is 34.5 Å². The summed E-state index contributed by atoms with van der Waals surface area (Å²) in [5.41, 5.74) is 12.9. The van der Waals surface area contributed by atoms with Gasteiger partial charge in [-0.1, -0.05) is 19.0 Å². The third-order valence-corrected chi connectivity index (χ3v) is 4.16. The Kier molecular flexibility index (Phi) is 4.31. The van der Waals surface area contributed by atoms with Crippen LogP contribution in [-0.2, 0) is 6.42 Å². The van der Waals surface area contributed by atoms with E-state index in [4.69, 9.17) is 20.4 Å². The number of rotatable bonds is 3. The molecule has 26 heavy (non-hydrogen) atoms. The van der Waals surface area contributed by atoms with Gasteiger partial charge in [-0.25, -0.2) is 0 Å². The molecule has 1 aliphatic rings. The number of hydrogen-bond donors (Lipinski definition) is 3. The lowest BCUT2D eigenvalue weighted by atomic mass is 9.75. The second-order valence-electron chi connectivity index (χ2n) is 7.22. The van der Waals surface area contributed by atoms with Gasteiger partial charge in [0.25, 0.3) is 5.91 Å². The number of anilines is 1. The number of fused-ring (bicyclic) bond motifs is 1. The van der Waals surface area contributed by atoms with Crippen molar-refractivity contribution >= 4 is 23.4 Å². The molecule has 1 amide bonds. The highest BCUT2D eigenvalue weighted by Gasteiger charge is 2.36. The minimum Gasteiger partial charge on any atom is -0.455 e. The van der Waals surface area contributed by atoms with E-state index in [0.717, 1.165) is 5.56 Å². The van der Waals surface area contributed by atoms with E-state index in [1.54, 1.807) is 13.0 Å². The van der Waals surface area contributed by atoms with Crippen molar-refractivity contribution in [2.75, 3.05) is 5.32 Å². The summed E-state index contributed by atoms with van der Waals surface area (Å²) in [5.74, 6) is 1.32. The largest absolute Gasteiger partial charge is 0.455 e. The average Bonchev–Trinajstić information content (AvgIpc) is 3.07. The van der Waals surface area contributed by atoms with Gasteiger partial charge >= 0.3 is 0 Å². The molecular formula is C17H22N6O3. The van der Waals surface area contributed by atoms with Crippen LogP contribution in [0.5, 0.6) is 0 Å². The van der Waals surface area contributed by atoms with Gasteiger partial charge in [0.15, 0.2) is 11.6 Å². The lowest BCUT2D eigenvalue weighted by Crippen LogP contribution is -2.27. The molecule has 9 heteroatoms. The molecule has 0 fully saturated rings. The maximum atomic E-state index is 12.6. The van der Waals surface area contributed by atoms with Crippen LogP contribution in [0.3, 0.4) is 0 Å². The third kappa shape index (κ3) is 3.46. The minimum atomic E-state index is -0.399. The van der Waals surface area contributed by atoms with Gasteiger partial charge in [-0.05, 0) is 25.7 Å². The van der Waals surface area contributed by atoms with Gasteiger partial charge in [0, 0.05) is 23.6 Å². The Hall–Kier alpha value is -3.10. The Morgan fingerprint density at radius 1 is 1.31 bits per heavy atom. The van der Waals surface area contributed by atoms with E-state index < -0.39 is 5.91 Å². The molecule has 0 atom stereocenters. The quantitative estimate of drug-likeness (QED) is 0.435. The van der Waals surface area contributed by atoms with Crippen molar-refractivity contribution in [1.82, 2.24) is 5.16 Å². The van der Waals surface area contributed by atoms with E-state index >= 15 is 0 Å². The van der Waals surface area contributed by atoms with Crippen molar-refractivity contribution in [3.8, 4) is 0 Å². The van der Waals surface area contributed by atoms with Crippen LogP contribution < -0.4 is 16.8 Å². The fraction of sp³-hybridized carbons (Fsp3) is 0.412. The van der Waals surface area contributed by atoms with Gasteiger partial charge in [-0.3, -0.25) is 4.79 Å². The van der Waals surface area contributed by atoms with Crippen LogP contribution in [0.1, 0.15) is 53.5 Å². The zero-order chi connectivity index (χ0) is 19.1. The molecule has 9 nitrogen and oxygen atoms in total. The molecule has 0 aliphatic heterocycles. The molecule has 0 aromatic carbocycles. The molecular weight excluding hydrogens is 336 g/mol. The van der Waals surface area contributed by atoms with Crippen LogP contribution in [0.15, 0.2) is 25.2 Å². The van der Waals surface area contributed by atoms with Crippen LogP contribution in [0, 0.1) is 19.3 Å². The third-order valence-electron chi connectivity index (χ3n) is 4.16. The van der Waals surface area contributed by atoms with Crippen molar-refractivity contribution in [2.45, 2.75) is 40.5 Å². The Bertz CT molecular complexity index is 915. The molecule has 0 radical (unpaired) electrons. The normalized spacial score (nSPS) is 17.0. The molecule has 2 aromatic heterocycles. The molecule has 2 heterocycles. The fourth-order valence-corrected chi connectivity index (χ4v) is 3.13. The summed E-state index contributed by atoms with van der Waals surface area (Å²) in [6.45, 7) is 7.75. The van der Waals surface area contributed by atoms with Gasteiger partial charge in [0.05, 0.1) is 5.71 Å². The first-order valence-electron chi connectivity index (χ1n) is 8.19. The number of aryl methyl sites for hydroxylation is 1. The second-order valence-corrected chi connectivity index (χ2v) is 7.22. The first-order chi connectivity index (χ1) is 12.2. The van der Waals surface area contributed by atoms with E-state index in [1.165, 1.54) is 0 Å². The predicted molar refractivity (Wildman–Crippen MR) is 97.1 cm³/mol. The van der Waals surface area contributed by atoms with Crippen LogP contribution in [0.4, 0.5) is 5.82 Å². The van der Waals surface area contributed by atoms with Gasteiger partial charge in [0.2, 0.25) is 5.96 Å². The summed E-state index contributed by atoms with van der Waals surface area (Å²) in [5, 5.41) is 14.4. The van der Waals surface area contributed by atoms with Crippen LogP contribution in [0.2, 0.25) is 0 Å². The number of amides is 1. The van der Waals surface area contributed by atoms with E-state index in [-0.39, 0.29) is 17.1 Å². The monoisotopic (exact) mass is 358 g/mol. The number of carbonyl (C=O) groups is 1. The highest BCUT2D eigenvalue weighted by molar-refractivity contribution is 6.09. The smallest absolute Gasteiger partial charge is 0.292 e. The second kappa shape index (κ2) is 6.32. The zero-order valence-corrected chi connectivity index (χ0v) is 15.2. The maximum Gasteiger partial charge on any atom is 0.292 e. The molecule has 2 aromatic rings. The Morgan fingerprint density at radius 3 is 2.65 bits per heavy atom. The molecule has 0 spiro atoms. The molecule has 0 saturated carbocycles. The lowest BCUT2D eigenvalue weighted by molar-refractivity contribution is 0.0992. The first-order valence-corrected chi connectivity index (χ1v) is 8.19. The number of aromatic nitrogens is 1. The molecule has 5 N–H and O–H groups in total. The predicted octanol–water partition coefficient (Wildman–Crippen LogP) is 2.09. The highest BCUT2D eigenvalue weighted by atomic mass is 16.5.